The van der Waals surface area contributed by atoms with Crippen molar-refractivity contribution in [1.29, 1.82) is 0 Å². The maximum Gasteiger partial charge on any atom is 0.169 e. The Morgan fingerprint density at radius 1 is 1.26 bits per heavy atom. The predicted molar refractivity (Wildman–Crippen MR) is 76.0 cm³/mol. The van der Waals surface area contributed by atoms with Crippen LogP contribution in [0.25, 0.3) is 11.0 Å². The van der Waals surface area contributed by atoms with E-state index in [0.717, 1.165) is 43.6 Å². The number of hydrogen-bond acceptors (Lipinski definition) is 5. The van der Waals surface area contributed by atoms with E-state index in [1.54, 1.807) is 0 Å². The molecule has 0 aliphatic carbocycles. The first kappa shape index (κ1) is 12.2. The molecule has 1 saturated heterocycles. The lowest BCUT2D eigenvalue weighted by atomic mass is 10.1. The SMILES string of the molecule is Nc1nc2ccccc2nc1NCCC1CCOC1. The van der Waals surface area contributed by atoms with E-state index in [9.17, 15) is 0 Å². The Kier molecular flexibility index (Phi) is 3.46. The zero-order chi connectivity index (χ0) is 13.1. The fourth-order valence-corrected chi connectivity index (χ4v) is 2.35. The molecule has 5 heteroatoms. The van der Waals surface area contributed by atoms with Crippen LogP contribution >= 0.6 is 0 Å². The maximum absolute atomic E-state index is 5.92. The highest BCUT2D eigenvalue weighted by molar-refractivity contribution is 5.79. The summed E-state index contributed by atoms with van der Waals surface area (Å²) in [5.41, 5.74) is 7.61. The largest absolute Gasteiger partial charge is 0.381 e. The van der Waals surface area contributed by atoms with Crippen LogP contribution in [-0.4, -0.2) is 29.7 Å². The molecule has 0 bridgehead atoms. The van der Waals surface area contributed by atoms with Crippen LogP contribution in [0.2, 0.25) is 0 Å². The van der Waals surface area contributed by atoms with Crippen molar-refractivity contribution in [2.75, 3.05) is 30.8 Å². The van der Waals surface area contributed by atoms with E-state index in [4.69, 9.17) is 10.5 Å². The molecular weight excluding hydrogens is 240 g/mol. The Balaban J connectivity index is 1.67. The van der Waals surface area contributed by atoms with Gasteiger partial charge in [-0.25, -0.2) is 9.97 Å². The second-order valence-corrected chi connectivity index (χ2v) is 4.89. The van der Waals surface area contributed by atoms with Gasteiger partial charge in [-0.15, -0.1) is 0 Å². The summed E-state index contributed by atoms with van der Waals surface area (Å²) >= 11 is 0. The van der Waals surface area contributed by atoms with Crippen LogP contribution in [0.15, 0.2) is 24.3 Å². The smallest absolute Gasteiger partial charge is 0.169 e. The Morgan fingerprint density at radius 2 is 2.05 bits per heavy atom. The number of nitrogens with one attached hydrogen (secondary N) is 1. The van der Waals surface area contributed by atoms with Gasteiger partial charge in [0.1, 0.15) is 0 Å². The Bertz CT molecular complexity index is 566. The van der Waals surface area contributed by atoms with Gasteiger partial charge in [0.2, 0.25) is 0 Å². The fraction of sp³-hybridized carbons (Fsp3) is 0.429. The molecule has 1 atom stereocenters. The summed E-state index contributed by atoms with van der Waals surface area (Å²) in [7, 11) is 0. The van der Waals surface area contributed by atoms with E-state index in [1.807, 2.05) is 24.3 Å². The quantitative estimate of drug-likeness (QED) is 0.878. The van der Waals surface area contributed by atoms with E-state index in [2.05, 4.69) is 15.3 Å². The number of nitrogen functional groups attached to an aromatic ring is 1. The highest BCUT2D eigenvalue weighted by atomic mass is 16.5. The number of benzene rings is 1. The molecule has 5 nitrogen and oxygen atoms in total. The molecule has 1 unspecified atom stereocenters. The van der Waals surface area contributed by atoms with Gasteiger partial charge in [-0.05, 0) is 30.9 Å². The summed E-state index contributed by atoms with van der Waals surface area (Å²) in [6.45, 7) is 2.62. The number of nitrogens with zero attached hydrogens (tertiary/aromatic N) is 2. The van der Waals surface area contributed by atoms with Crippen LogP contribution < -0.4 is 11.1 Å². The number of ether oxygens (including phenoxy) is 1. The topological polar surface area (TPSA) is 73.1 Å². The molecule has 0 saturated carbocycles. The van der Waals surface area contributed by atoms with Gasteiger partial charge >= 0.3 is 0 Å². The summed E-state index contributed by atoms with van der Waals surface area (Å²) in [6.07, 6.45) is 2.23. The second kappa shape index (κ2) is 5.40. The lowest BCUT2D eigenvalue weighted by Crippen LogP contribution is -2.12. The molecule has 3 rings (SSSR count). The Morgan fingerprint density at radius 3 is 2.79 bits per heavy atom. The van der Waals surface area contributed by atoms with E-state index in [1.165, 1.54) is 0 Å². The standard InChI is InChI=1S/C14H18N4O/c15-13-14(16-7-5-10-6-8-19-9-10)18-12-4-2-1-3-11(12)17-13/h1-4,10H,5-9H2,(H2,15,17)(H,16,18). The third-order valence-corrected chi connectivity index (χ3v) is 3.47. The van der Waals surface area contributed by atoms with Crippen LogP contribution in [0.3, 0.4) is 0 Å². The first-order valence-corrected chi connectivity index (χ1v) is 6.67. The van der Waals surface area contributed by atoms with Crippen molar-refractivity contribution in [3.63, 3.8) is 0 Å². The van der Waals surface area contributed by atoms with Crippen molar-refractivity contribution < 1.29 is 4.74 Å². The maximum atomic E-state index is 5.92. The molecule has 1 aliphatic heterocycles. The minimum Gasteiger partial charge on any atom is -0.381 e. The molecular formula is C14H18N4O. The molecule has 1 aromatic carbocycles. The number of aromatic nitrogens is 2. The van der Waals surface area contributed by atoms with Gasteiger partial charge in [0.15, 0.2) is 11.6 Å². The second-order valence-electron chi connectivity index (χ2n) is 4.89. The molecule has 19 heavy (non-hydrogen) atoms. The van der Waals surface area contributed by atoms with Crippen LogP contribution in [-0.2, 0) is 4.74 Å². The summed E-state index contributed by atoms with van der Waals surface area (Å²) < 4.78 is 5.36. The lowest BCUT2D eigenvalue weighted by Gasteiger charge is -2.11. The van der Waals surface area contributed by atoms with Crippen molar-refractivity contribution >= 4 is 22.7 Å². The van der Waals surface area contributed by atoms with Crippen LogP contribution in [0, 0.1) is 5.92 Å². The van der Waals surface area contributed by atoms with Crippen LogP contribution in [0.4, 0.5) is 11.6 Å². The first-order chi connectivity index (χ1) is 9.33. The number of nitrogens with two attached hydrogens (primary N) is 1. The Labute approximate surface area is 112 Å². The Hall–Kier alpha value is -1.88. The summed E-state index contributed by atoms with van der Waals surface area (Å²) in [5.74, 6) is 1.79. The zero-order valence-corrected chi connectivity index (χ0v) is 10.8. The van der Waals surface area contributed by atoms with Crippen molar-refractivity contribution in [3.8, 4) is 0 Å². The molecule has 1 aromatic heterocycles. The minimum atomic E-state index is 0.460. The molecule has 2 aromatic rings. The average Bonchev–Trinajstić information content (AvgIpc) is 2.92. The molecule has 1 fully saturated rings. The molecule has 0 radical (unpaired) electrons. The number of fused-ring (bicyclic) bond motifs is 1. The van der Waals surface area contributed by atoms with Crippen LogP contribution in [0.1, 0.15) is 12.8 Å². The summed E-state index contributed by atoms with van der Waals surface area (Å²) in [6, 6.07) is 7.74. The van der Waals surface area contributed by atoms with Gasteiger partial charge in [-0.1, -0.05) is 12.1 Å². The van der Waals surface area contributed by atoms with Gasteiger partial charge in [0.25, 0.3) is 0 Å². The van der Waals surface area contributed by atoms with Gasteiger partial charge < -0.3 is 15.8 Å². The summed E-state index contributed by atoms with van der Waals surface area (Å²) in [4.78, 5) is 8.86. The number of hydrogen-bond donors (Lipinski definition) is 2. The third-order valence-electron chi connectivity index (χ3n) is 3.47. The van der Waals surface area contributed by atoms with Gasteiger partial charge in [0.05, 0.1) is 11.0 Å². The van der Waals surface area contributed by atoms with Gasteiger partial charge in [0, 0.05) is 19.8 Å². The molecule has 0 spiro atoms. The van der Waals surface area contributed by atoms with Crippen molar-refractivity contribution in [3.05, 3.63) is 24.3 Å². The third kappa shape index (κ3) is 2.76. The number of anilines is 2. The van der Waals surface area contributed by atoms with Gasteiger partial charge in [-0.3, -0.25) is 0 Å². The average molecular weight is 258 g/mol. The first-order valence-electron chi connectivity index (χ1n) is 6.67. The normalized spacial score (nSPS) is 18.8. The monoisotopic (exact) mass is 258 g/mol. The molecule has 1 aliphatic rings. The zero-order valence-electron chi connectivity index (χ0n) is 10.8. The van der Waals surface area contributed by atoms with E-state index in [0.29, 0.717) is 17.6 Å². The van der Waals surface area contributed by atoms with Crippen molar-refractivity contribution in [1.82, 2.24) is 9.97 Å². The summed E-state index contributed by atoms with van der Waals surface area (Å²) in [5, 5.41) is 3.28. The van der Waals surface area contributed by atoms with Crippen LogP contribution in [0.5, 0.6) is 0 Å². The van der Waals surface area contributed by atoms with E-state index in [-0.39, 0.29) is 0 Å². The predicted octanol–water partition coefficient (Wildman–Crippen LogP) is 2.05. The molecule has 2 heterocycles. The van der Waals surface area contributed by atoms with Crippen molar-refractivity contribution in [2.24, 2.45) is 5.92 Å². The highest BCUT2D eigenvalue weighted by Gasteiger charge is 2.15. The minimum absolute atomic E-state index is 0.460. The van der Waals surface area contributed by atoms with E-state index < -0.39 is 0 Å². The molecule has 100 valence electrons. The molecule has 0 amide bonds. The van der Waals surface area contributed by atoms with Gasteiger partial charge in [-0.2, -0.15) is 0 Å². The molecule has 3 N–H and O–H groups in total. The highest BCUT2D eigenvalue weighted by Crippen LogP contribution is 2.20. The fourth-order valence-electron chi connectivity index (χ4n) is 2.35. The van der Waals surface area contributed by atoms with Crippen molar-refractivity contribution in [2.45, 2.75) is 12.8 Å². The number of rotatable bonds is 4. The lowest BCUT2D eigenvalue weighted by molar-refractivity contribution is 0.185. The number of para-hydroxylation sites is 2. The van der Waals surface area contributed by atoms with E-state index >= 15 is 0 Å².